The third-order valence-corrected chi connectivity index (χ3v) is 4.19. The van der Waals surface area contributed by atoms with Gasteiger partial charge < -0.3 is 10.2 Å². The third-order valence-electron chi connectivity index (χ3n) is 4.19. The Hall–Kier alpha value is -1.06. The van der Waals surface area contributed by atoms with Crippen molar-refractivity contribution in [2.45, 2.75) is 57.9 Å². The molecule has 0 radical (unpaired) electrons. The second kappa shape index (κ2) is 6.21. The van der Waals surface area contributed by atoms with Gasteiger partial charge in [0.05, 0.1) is 0 Å². The molecule has 1 N–H and O–H groups in total. The van der Waals surface area contributed by atoms with Crippen LogP contribution in [0, 0.1) is 5.92 Å². The van der Waals surface area contributed by atoms with E-state index in [1.807, 2.05) is 4.90 Å². The highest BCUT2D eigenvalue weighted by Crippen LogP contribution is 2.21. The Morgan fingerprint density at radius 3 is 2.94 bits per heavy atom. The van der Waals surface area contributed by atoms with E-state index in [1.165, 1.54) is 6.42 Å². The topological polar surface area (TPSA) is 49.4 Å². The van der Waals surface area contributed by atoms with E-state index in [-0.39, 0.29) is 17.9 Å². The summed E-state index contributed by atoms with van der Waals surface area (Å²) in [5, 5.41) is 2.88. The number of carbonyl (C=O) groups is 2. The number of rotatable bonds is 2. The van der Waals surface area contributed by atoms with Gasteiger partial charge in [0.25, 0.3) is 0 Å². The lowest BCUT2D eigenvalue weighted by molar-refractivity contribution is -0.137. The van der Waals surface area contributed by atoms with Crippen LogP contribution in [0.5, 0.6) is 0 Å². The van der Waals surface area contributed by atoms with Crippen molar-refractivity contribution in [3.8, 4) is 0 Å². The standard InChI is InChI=1S/C14H24N2O2/c1-2-11-6-5-9-16(10-11)14(18)12-7-3-4-8-13(17)15-12/h11-12H,2-10H2,1H3,(H,15,17)/t11-,12+/m0/s1. The molecule has 0 unspecified atom stereocenters. The molecule has 2 aliphatic rings. The molecule has 0 bridgehead atoms. The fraction of sp³-hybridized carbons (Fsp3) is 0.857. The zero-order valence-electron chi connectivity index (χ0n) is 11.3. The summed E-state index contributed by atoms with van der Waals surface area (Å²) in [5.41, 5.74) is 0. The molecule has 4 nitrogen and oxygen atoms in total. The number of amides is 2. The lowest BCUT2D eigenvalue weighted by Gasteiger charge is -2.34. The maximum Gasteiger partial charge on any atom is 0.245 e. The molecule has 2 fully saturated rings. The first-order valence-corrected chi connectivity index (χ1v) is 7.29. The molecule has 2 aliphatic heterocycles. The maximum absolute atomic E-state index is 12.4. The van der Waals surface area contributed by atoms with Gasteiger partial charge >= 0.3 is 0 Å². The highest BCUT2D eigenvalue weighted by atomic mass is 16.2. The summed E-state index contributed by atoms with van der Waals surface area (Å²) < 4.78 is 0. The maximum atomic E-state index is 12.4. The minimum atomic E-state index is -0.268. The molecule has 2 atom stereocenters. The van der Waals surface area contributed by atoms with E-state index >= 15 is 0 Å². The quantitative estimate of drug-likeness (QED) is 0.813. The largest absolute Gasteiger partial charge is 0.344 e. The van der Waals surface area contributed by atoms with Crippen molar-refractivity contribution in [2.24, 2.45) is 5.92 Å². The van der Waals surface area contributed by atoms with Crippen LogP contribution in [-0.4, -0.2) is 35.8 Å². The number of likely N-dealkylation sites (tertiary alicyclic amines) is 1. The smallest absolute Gasteiger partial charge is 0.245 e. The van der Waals surface area contributed by atoms with Crippen LogP contribution in [0.3, 0.4) is 0 Å². The van der Waals surface area contributed by atoms with E-state index in [4.69, 9.17) is 0 Å². The van der Waals surface area contributed by atoms with Crippen molar-refractivity contribution in [1.29, 1.82) is 0 Å². The molecule has 18 heavy (non-hydrogen) atoms. The zero-order valence-corrected chi connectivity index (χ0v) is 11.3. The van der Waals surface area contributed by atoms with Crippen molar-refractivity contribution in [3.63, 3.8) is 0 Å². The normalized spacial score (nSPS) is 29.6. The number of hydrogen-bond acceptors (Lipinski definition) is 2. The zero-order chi connectivity index (χ0) is 13.0. The van der Waals surface area contributed by atoms with Crippen LogP contribution in [0.25, 0.3) is 0 Å². The van der Waals surface area contributed by atoms with E-state index in [2.05, 4.69) is 12.2 Å². The Morgan fingerprint density at radius 2 is 2.17 bits per heavy atom. The predicted molar refractivity (Wildman–Crippen MR) is 70.0 cm³/mol. The molecule has 0 spiro atoms. The lowest BCUT2D eigenvalue weighted by Crippen LogP contribution is -2.50. The monoisotopic (exact) mass is 252 g/mol. The average Bonchev–Trinajstić information content (AvgIpc) is 2.62. The average molecular weight is 252 g/mol. The van der Waals surface area contributed by atoms with Crippen LogP contribution in [0.4, 0.5) is 0 Å². The molecule has 2 saturated heterocycles. The summed E-state index contributed by atoms with van der Waals surface area (Å²) >= 11 is 0. The van der Waals surface area contributed by atoms with E-state index in [0.717, 1.165) is 45.2 Å². The van der Waals surface area contributed by atoms with Gasteiger partial charge in [-0.05, 0) is 31.6 Å². The molecule has 4 heteroatoms. The molecule has 0 saturated carbocycles. The summed E-state index contributed by atoms with van der Waals surface area (Å²) in [7, 11) is 0. The Labute approximate surface area is 109 Å². The van der Waals surface area contributed by atoms with Gasteiger partial charge in [0.2, 0.25) is 11.8 Å². The Morgan fingerprint density at radius 1 is 1.33 bits per heavy atom. The molecular weight excluding hydrogens is 228 g/mol. The van der Waals surface area contributed by atoms with Crippen LogP contribution in [0.15, 0.2) is 0 Å². The minimum Gasteiger partial charge on any atom is -0.344 e. The Balaban J connectivity index is 1.94. The summed E-state index contributed by atoms with van der Waals surface area (Å²) in [6, 6.07) is -0.268. The Bertz CT molecular complexity index is 317. The number of nitrogens with one attached hydrogen (secondary N) is 1. The van der Waals surface area contributed by atoms with Crippen molar-refractivity contribution >= 4 is 11.8 Å². The second-order valence-corrected chi connectivity index (χ2v) is 5.57. The molecule has 0 aromatic rings. The van der Waals surface area contributed by atoms with Gasteiger partial charge in [-0.2, -0.15) is 0 Å². The van der Waals surface area contributed by atoms with E-state index in [0.29, 0.717) is 12.3 Å². The van der Waals surface area contributed by atoms with Crippen LogP contribution >= 0.6 is 0 Å². The van der Waals surface area contributed by atoms with Gasteiger partial charge in [0.1, 0.15) is 6.04 Å². The van der Waals surface area contributed by atoms with Crippen LogP contribution in [-0.2, 0) is 9.59 Å². The van der Waals surface area contributed by atoms with Gasteiger partial charge in [-0.15, -0.1) is 0 Å². The van der Waals surface area contributed by atoms with Crippen LogP contribution < -0.4 is 5.32 Å². The van der Waals surface area contributed by atoms with E-state index in [9.17, 15) is 9.59 Å². The van der Waals surface area contributed by atoms with Crippen LogP contribution in [0.2, 0.25) is 0 Å². The van der Waals surface area contributed by atoms with Crippen molar-refractivity contribution in [2.75, 3.05) is 13.1 Å². The van der Waals surface area contributed by atoms with Gasteiger partial charge in [-0.3, -0.25) is 9.59 Å². The number of piperidine rings is 1. The molecule has 2 amide bonds. The second-order valence-electron chi connectivity index (χ2n) is 5.57. The molecule has 0 aromatic heterocycles. The molecule has 0 aliphatic carbocycles. The Kier molecular flexibility index (Phi) is 4.61. The van der Waals surface area contributed by atoms with Crippen molar-refractivity contribution in [1.82, 2.24) is 10.2 Å². The molecule has 0 aromatic carbocycles. The van der Waals surface area contributed by atoms with Gasteiger partial charge in [0.15, 0.2) is 0 Å². The first-order valence-electron chi connectivity index (χ1n) is 7.29. The first-order chi connectivity index (χ1) is 8.70. The lowest BCUT2D eigenvalue weighted by atomic mass is 9.95. The fourth-order valence-corrected chi connectivity index (χ4v) is 2.98. The number of carbonyl (C=O) groups excluding carboxylic acids is 2. The third kappa shape index (κ3) is 3.24. The summed E-state index contributed by atoms with van der Waals surface area (Å²) in [4.78, 5) is 25.9. The van der Waals surface area contributed by atoms with Gasteiger partial charge in [-0.1, -0.05) is 19.8 Å². The number of hydrogen-bond donors (Lipinski definition) is 1. The van der Waals surface area contributed by atoms with Crippen molar-refractivity contribution < 1.29 is 9.59 Å². The van der Waals surface area contributed by atoms with Crippen molar-refractivity contribution in [3.05, 3.63) is 0 Å². The summed E-state index contributed by atoms with van der Waals surface area (Å²) in [6.45, 7) is 3.93. The first kappa shape index (κ1) is 13.4. The number of nitrogens with zero attached hydrogens (tertiary/aromatic N) is 1. The van der Waals surface area contributed by atoms with Crippen LogP contribution in [0.1, 0.15) is 51.9 Å². The predicted octanol–water partition coefficient (Wildman–Crippen LogP) is 1.69. The van der Waals surface area contributed by atoms with E-state index in [1.54, 1.807) is 0 Å². The molecular formula is C14H24N2O2. The highest BCUT2D eigenvalue weighted by Gasteiger charge is 2.30. The molecule has 2 heterocycles. The van der Waals surface area contributed by atoms with Gasteiger partial charge in [0, 0.05) is 19.5 Å². The summed E-state index contributed by atoms with van der Waals surface area (Å²) in [6.07, 6.45) is 6.73. The molecule has 102 valence electrons. The van der Waals surface area contributed by atoms with Gasteiger partial charge in [-0.25, -0.2) is 0 Å². The fourth-order valence-electron chi connectivity index (χ4n) is 2.98. The van der Waals surface area contributed by atoms with E-state index < -0.39 is 0 Å². The minimum absolute atomic E-state index is 0.0369. The highest BCUT2D eigenvalue weighted by molar-refractivity contribution is 5.88. The SMILES string of the molecule is CC[C@H]1CCCN(C(=O)[C@H]2CCCCC(=O)N2)C1. The summed E-state index contributed by atoms with van der Waals surface area (Å²) in [5.74, 6) is 0.822. The molecule has 2 rings (SSSR count).